The van der Waals surface area contributed by atoms with Gasteiger partial charge in [-0.25, -0.2) is 14.2 Å². The van der Waals surface area contributed by atoms with Crippen LogP contribution in [0.3, 0.4) is 0 Å². The lowest BCUT2D eigenvalue weighted by Crippen LogP contribution is -2.38. The van der Waals surface area contributed by atoms with Gasteiger partial charge in [-0.05, 0) is 19.4 Å². The van der Waals surface area contributed by atoms with Crippen LogP contribution in [0.15, 0.2) is 48.2 Å². The van der Waals surface area contributed by atoms with Crippen LogP contribution < -0.4 is 9.88 Å². The van der Waals surface area contributed by atoms with Crippen LogP contribution in [0, 0.1) is 13.8 Å². The van der Waals surface area contributed by atoms with E-state index in [4.69, 9.17) is 4.74 Å². The van der Waals surface area contributed by atoms with E-state index >= 15 is 0 Å². The third kappa shape index (κ3) is 4.40. The molecule has 9 heteroatoms. The molecule has 0 atom stereocenters. The molecule has 0 aliphatic heterocycles. The number of esters is 2. The molecule has 9 nitrogen and oxygen atoms in total. The van der Waals surface area contributed by atoms with E-state index < -0.39 is 11.9 Å². The molecule has 0 bridgehead atoms. The van der Waals surface area contributed by atoms with Gasteiger partial charge >= 0.3 is 23.7 Å². The fraction of sp³-hybridized carbons (Fsp3) is 0.250. The molecule has 0 amide bonds. The summed E-state index contributed by atoms with van der Waals surface area (Å²) in [4.78, 5) is 28.4. The van der Waals surface area contributed by atoms with Gasteiger partial charge in [-0.2, -0.15) is 0 Å². The normalized spacial score (nSPS) is 11.4. The van der Waals surface area contributed by atoms with Gasteiger partial charge in [0.15, 0.2) is 5.70 Å². The van der Waals surface area contributed by atoms with Gasteiger partial charge in [0, 0.05) is 11.2 Å². The smallest absolute Gasteiger partial charge is 0.364 e. The third-order valence-corrected chi connectivity index (χ3v) is 4.21. The Kier molecular flexibility index (Phi) is 5.87. The number of nitrogens with zero attached hydrogens (tertiary/aromatic N) is 4. The molecule has 0 fully saturated rings. The zero-order valence-corrected chi connectivity index (χ0v) is 16.7. The molecule has 0 unspecified atom stereocenters. The van der Waals surface area contributed by atoms with E-state index in [-0.39, 0.29) is 5.70 Å². The van der Waals surface area contributed by atoms with E-state index in [1.54, 1.807) is 4.52 Å². The van der Waals surface area contributed by atoms with Crippen LogP contribution in [-0.2, 0) is 25.6 Å². The molecule has 0 aliphatic rings. The maximum atomic E-state index is 12.2. The van der Waals surface area contributed by atoms with Gasteiger partial charge in [-0.3, -0.25) is 5.32 Å². The van der Waals surface area contributed by atoms with Gasteiger partial charge in [-0.15, -0.1) is 9.50 Å². The molecule has 1 aromatic carbocycles. The summed E-state index contributed by atoms with van der Waals surface area (Å²) >= 11 is 0. The molecular formula is C20H22N5O4+. The number of carbonyl (C=O) groups excluding carboxylic acids is 2. The highest BCUT2D eigenvalue weighted by molar-refractivity contribution is 5.98. The zero-order chi connectivity index (χ0) is 21.0. The van der Waals surface area contributed by atoms with E-state index in [1.807, 2.05) is 54.8 Å². The van der Waals surface area contributed by atoms with Crippen LogP contribution in [0.5, 0.6) is 0 Å². The molecule has 2 aromatic heterocycles. The highest BCUT2D eigenvalue weighted by atomic mass is 16.5. The van der Waals surface area contributed by atoms with Crippen LogP contribution >= 0.6 is 0 Å². The van der Waals surface area contributed by atoms with Gasteiger partial charge in [0.2, 0.25) is 0 Å². The topological polar surface area (TPSA) is 98.7 Å². The fourth-order valence-electron chi connectivity index (χ4n) is 2.86. The highest BCUT2D eigenvalue weighted by Crippen LogP contribution is 2.11. The number of aryl methyl sites for hydroxylation is 2. The predicted octanol–water partition coefficient (Wildman–Crippen LogP) is 1.32. The molecule has 3 rings (SSSR count). The molecule has 3 aromatic rings. The molecular weight excluding hydrogens is 374 g/mol. The molecule has 0 saturated carbocycles. The maximum Gasteiger partial charge on any atom is 0.364 e. The van der Waals surface area contributed by atoms with Gasteiger partial charge < -0.3 is 9.47 Å². The predicted molar refractivity (Wildman–Crippen MR) is 104 cm³/mol. The number of anilines is 1. The second-order valence-electron chi connectivity index (χ2n) is 6.34. The fourth-order valence-corrected chi connectivity index (χ4v) is 2.86. The van der Waals surface area contributed by atoms with Crippen LogP contribution in [0.25, 0.3) is 5.78 Å². The molecule has 150 valence electrons. The van der Waals surface area contributed by atoms with Crippen molar-refractivity contribution in [2.75, 3.05) is 19.5 Å². The van der Waals surface area contributed by atoms with E-state index in [1.165, 1.54) is 14.2 Å². The molecule has 29 heavy (non-hydrogen) atoms. The second kappa shape index (κ2) is 8.51. The number of carbonyl (C=O) groups is 2. The Morgan fingerprint density at radius 2 is 1.90 bits per heavy atom. The van der Waals surface area contributed by atoms with Gasteiger partial charge in [0.25, 0.3) is 0 Å². The Labute approximate surface area is 167 Å². The quantitative estimate of drug-likeness (QED) is 0.381. The van der Waals surface area contributed by atoms with Crippen molar-refractivity contribution in [1.82, 2.24) is 14.6 Å². The molecule has 2 heterocycles. The van der Waals surface area contributed by atoms with Crippen molar-refractivity contribution in [3.8, 4) is 0 Å². The number of ether oxygens (including phenoxy) is 2. The van der Waals surface area contributed by atoms with Crippen molar-refractivity contribution >= 4 is 23.7 Å². The first-order valence-corrected chi connectivity index (χ1v) is 8.88. The van der Waals surface area contributed by atoms with E-state index in [2.05, 4.69) is 20.1 Å². The lowest BCUT2D eigenvalue weighted by atomic mass is 10.2. The number of fused-ring (bicyclic) bond motifs is 1. The summed E-state index contributed by atoms with van der Waals surface area (Å²) in [6, 6.07) is 11.7. The van der Waals surface area contributed by atoms with Crippen LogP contribution in [0.2, 0.25) is 0 Å². The van der Waals surface area contributed by atoms with E-state index in [0.29, 0.717) is 18.3 Å². The average Bonchev–Trinajstić information content (AvgIpc) is 3.05. The number of aromatic nitrogens is 4. The number of benzene rings is 1. The minimum atomic E-state index is -0.723. The van der Waals surface area contributed by atoms with Crippen molar-refractivity contribution in [3.05, 3.63) is 65.1 Å². The van der Waals surface area contributed by atoms with Crippen molar-refractivity contribution in [2.45, 2.75) is 20.4 Å². The average molecular weight is 396 g/mol. The summed E-state index contributed by atoms with van der Waals surface area (Å²) in [6.45, 7) is 4.27. The summed E-state index contributed by atoms with van der Waals surface area (Å²) in [6.07, 6.45) is 1.02. The Hall–Kier alpha value is -3.75. The van der Waals surface area contributed by atoms with Crippen molar-refractivity contribution in [2.24, 2.45) is 0 Å². The van der Waals surface area contributed by atoms with Crippen molar-refractivity contribution in [1.29, 1.82) is 0 Å². The van der Waals surface area contributed by atoms with E-state index in [9.17, 15) is 9.59 Å². The Morgan fingerprint density at radius 3 is 2.55 bits per heavy atom. The molecule has 0 radical (unpaired) electrons. The zero-order valence-electron chi connectivity index (χ0n) is 16.7. The van der Waals surface area contributed by atoms with Gasteiger partial charge in [0.05, 0.1) is 38.2 Å². The number of methoxy groups -OCH3 is 2. The molecule has 0 saturated heterocycles. The number of hydrogen-bond acceptors (Lipinski definition) is 7. The molecule has 0 spiro atoms. The van der Waals surface area contributed by atoms with Gasteiger partial charge in [0.1, 0.15) is 0 Å². The van der Waals surface area contributed by atoms with Crippen LogP contribution in [0.4, 0.5) is 5.95 Å². The first-order chi connectivity index (χ1) is 13.9. The third-order valence-electron chi connectivity index (χ3n) is 4.21. The number of nitrogens with one attached hydrogen (secondary N) is 1. The molecule has 0 aliphatic carbocycles. The monoisotopic (exact) mass is 396 g/mol. The number of hydrogen-bond donors (Lipinski definition) is 1. The summed E-state index contributed by atoms with van der Waals surface area (Å²) in [7, 11) is 2.45. The van der Waals surface area contributed by atoms with Crippen molar-refractivity contribution < 1.29 is 23.6 Å². The standard InChI is InChI=1S/C20H21N5O4/c1-13-10-14(2)25-20(21-13)24(12-15-8-6-5-7-9-15)19(23-25)22-16(18(27)29-4)11-17(26)28-3/h5-11H,12H2,1-4H3/p+1. The van der Waals surface area contributed by atoms with Crippen LogP contribution in [-0.4, -0.2) is 40.8 Å². The largest absolute Gasteiger partial charge is 0.466 e. The first-order valence-electron chi connectivity index (χ1n) is 8.88. The number of rotatable bonds is 6. The van der Waals surface area contributed by atoms with Crippen molar-refractivity contribution in [3.63, 3.8) is 0 Å². The van der Waals surface area contributed by atoms with Gasteiger partial charge in [-0.1, -0.05) is 30.3 Å². The lowest BCUT2D eigenvalue weighted by Gasteiger charge is -2.06. The first kappa shape index (κ1) is 20.0. The summed E-state index contributed by atoms with van der Waals surface area (Å²) in [5.41, 5.74) is 2.63. The van der Waals surface area contributed by atoms with Crippen LogP contribution in [0.1, 0.15) is 17.0 Å². The lowest BCUT2D eigenvalue weighted by molar-refractivity contribution is -0.651. The summed E-state index contributed by atoms with van der Waals surface area (Å²) in [5.74, 6) is -0.493. The Morgan fingerprint density at radius 1 is 1.17 bits per heavy atom. The minimum Gasteiger partial charge on any atom is -0.466 e. The summed E-state index contributed by atoms with van der Waals surface area (Å²) < 4.78 is 12.9. The Bertz CT molecular complexity index is 1090. The summed E-state index contributed by atoms with van der Waals surface area (Å²) in [5, 5.41) is 7.44. The minimum absolute atomic E-state index is 0.0982. The SMILES string of the molecule is COC(=O)C=C(Nc1nn2c(C)cc(C)nc2[n+]1Cc1ccccc1)C(=O)OC. The Balaban J connectivity index is 2.13. The second-order valence-corrected chi connectivity index (χ2v) is 6.34. The maximum absolute atomic E-state index is 12.2. The highest BCUT2D eigenvalue weighted by Gasteiger charge is 2.26. The molecule has 1 N–H and O–H groups in total. The van der Waals surface area contributed by atoms with E-state index in [0.717, 1.165) is 23.0 Å².